The number of rotatable bonds is 7. The molecular formula is C19H21FN4O5S. The number of sulfonamides is 1. The van der Waals surface area contributed by atoms with Gasteiger partial charge in [0.25, 0.3) is 5.69 Å². The van der Waals surface area contributed by atoms with Crippen LogP contribution in [0.5, 0.6) is 0 Å². The number of nitro benzene ring substituents is 1. The maximum absolute atomic E-state index is 13.2. The lowest BCUT2D eigenvalue weighted by molar-refractivity contribution is -0.385. The molecule has 0 spiro atoms. The van der Waals surface area contributed by atoms with Gasteiger partial charge in [0.05, 0.1) is 9.82 Å². The second kappa shape index (κ2) is 9.28. The van der Waals surface area contributed by atoms with Crippen molar-refractivity contribution in [3.63, 3.8) is 0 Å². The number of benzene rings is 2. The first-order chi connectivity index (χ1) is 14.3. The van der Waals surface area contributed by atoms with Crippen LogP contribution in [0.4, 0.5) is 15.8 Å². The van der Waals surface area contributed by atoms with Crippen LogP contribution in [0.25, 0.3) is 0 Å². The van der Waals surface area contributed by atoms with E-state index >= 15 is 0 Å². The summed E-state index contributed by atoms with van der Waals surface area (Å²) >= 11 is 0. The Balaban J connectivity index is 1.51. The summed E-state index contributed by atoms with van der Waals surface area (Å²) < 4.78 is 40.0. The van der Waals surface area contributed by atoms with Gasteiger partial charge in [0, 0.05) is 57.0 Å². The SMILES string of the molecule is O=C(CCN1CCN(S(=O)(=O)c2cccc([N+](=O)[O-])c2)CC1)Nc1cccc(F)c1. The van der Waals surface area contributed by atoms with Gasteiger partial charge in [-0.1, -0.05) is 12.1 Å². The Morgan fingerprint density at radius 1 is 1.10 bits per heavy atom. The first-order valence-electron chi connectivity index (χ1n) is 9.28. The van der Waals surface area contributed by atoms with Gasteiger partial charge in [-0.15, -0.1) is 0 Å². The molecule has 0 atom stereocenters. The van der Waals surface area contributed by atoms with Gasteiger partial charge in [-0.25, -0.2) is 12.8 Å². The number of carbonyl (C=O) groups is 1. The molecule has 0 radical (unpaired) electrons. The van der Waals surface area contributed by atoms with Crippen molar-refractivity contribution in [2.45, 2.75) is 11.3 Å². The van der Waals surface area contributed by atoms with Crippen LogP contribution in [0, 0.1) is 15.9 Å². The summed E-state index contributed by atoms with van der Waals surface area (Å²) in [5, 5.41) is 13.5. The van der Waals surface area contributed by atoms with Crippen molar-refractivity contribution in [3.8, 4) is 0 Å². The summed E-state index contributed by atoms with van der Waals surface area (Å²) in [6.45, 7) is 1.74. The van der Waals surface area contributed by atoms with Gasteiger partial charge in [0.1, 0.15) is 5.82 Å². The monoisotopic (exact) mass is 436 g/mol. The topological polar surface area (TPSA) is 113 Å². The molecular weight excluding hydrogens is 415 g/mol. The fourth-order valence-electron chi connectivity index (χ4n) is 3.15. The van der Waals surface area contributed by atoms with Gasteiger partial charge in [-0.2, -0.15) is 4.31 Å². The molecule has 160 valence electrons. The minimum Gasteiger partial charge on any atom is -0.326 e. The Morgan fingerprint density at radius 3 is 2.47 bits per heavy atom. The van der Waals surface area contributed by atoms with Crippen LogP contribution in [0.15, 0.2) is 53.4 Å². The van der Waals surface area contributed by atoms with Gasteiger partial charge < -0.3 is 10.2 Å². The van der Waals surface area contributed by atoms with Crippen LogP contribution in [-0.4, -0.2) is 61.2 Å². The highest BCUT2D eigenvalue weighted by molar-refractivity contribution is 7.89. The number of nitrogens with zero attached hydrogens (tertiary/aromatic N) is 3. The highest BCUT2D eigenvalue weighted by Crippen LogP contribution is 2.22. The van der Waals surface area contributed by atoms with E-state index in [4.69, 9.17) is 0 Å². The molecule has 1 aliphatic heterocycles. The molecule has 0 unspecified atom stereocenters. The Hall–Kier alpha value is -2.89. The average molecular weight is 436 g/mol. The van der Waals surface area contributed by atoms with E-state index in [-0.39, 0.29) is 36.0 Å². The summed E-state index contributed by atoms with van der Waals surface area (Å²) in [6.07, 6.45) is 0.189. The summed E-state index contributed by atoms with van der Waals surface area (Å²) in [6, 6.07) is 10.6. The lowest BCUT2D eigenvalue weighted by atomic mass is 10.2. The van der Waals surface area contributed by atoms with E-state index in [0.717, 1.165) is 6.07 Å². The van der Waals surface area contributed by atoms with Crippen molar-refractivity contribution in [2.24, 2.45) is 0 Å². The van der Waals surface area contributed by atoms with E-state index in [1.807, 2.05) is 4.90 Å². The van der Waals surface area contributed by atoms with Crippen LogP contribution in [-0.2, 0) is 14.8 Å². The smallest absolute Gasteiger partial charge is 0.270 e. The third-order valence-electron chi connectivity index (χ3n) is 4.76. The van der Waals surface area contributed by atoms with Gasteiger partial charge in [-0.3, -0.25) is 14.9 Å². The van der Waals surface area contributed by atoms with Crippen molar-refractivity contribution in [1.82, 2.24) is 9.21 Å². The Morgan fingerprint density at radius 2 is 1.80 bits per heavy atom. The van der Waals surface area contributed by atoms with E-state index in [1.165, 1.54) is 40.7 Å². The molecule has 30 heavy (non-hydrogen) atoms. The number of anilines is 1. The largest absolute Gasteiger partial charge is 0.326 e. The van der Waals surface area contributed by atoms with Crippen LogP contribution in [0.3, 0.4) is 0 Å². The molecule has 2 aromatic rings. The van der Waals surface area contributed by atoms with Crippen molar-refractivity contribution in [1.29, 1.82) is 0 Å². The predicted octanol–water partition coefficient (Wildman–Crippen LogP) is 2.07. The van der Waals surface area contributed by atoms with Crippen molar-refractivity contribution >= 4 is 27.3 Å². The first-order valence-corrected chi connectivity index (χ1v) is 10.7. The number of hydrogen-bond acceptors (Lipinski definition) is 6. The first kappa shape index (κ1) is 21.8. The molecule has 11 heteroatoms. The van der Waals surface area contributed by atoms with Crippen LogP contribution in [0.1, 0.15) is 6.42 Å². The highest BCUT2D eigenvalue weighted by Gasteiger charge is 2.29. The molecule has 1 aliphatic rings. The molecule has 2 aromatic carbocycles. The second-order valence-electron chi connectivity index (χ2n) is 6.81. The van der Waals surface area contributed by atoms with Crippen molar-refractivity contribution < 1.29 is 22.5 Å². The zero-order valence-corrected chi connectivity index (χ0v) is 16.8. The number of non-ortho nitro benzene ring substituents is 1. The summed E-state index contributed by atoms with van der Waals surface area (Å²) in [5.74, 6) is -0.693. The molecule has 0 aromatic heterocycles. The fourth-order valence-corrected chi connectivity index (χ4v) is 4.61. The molecule has 0 saturated carbocycles. The third-order valence-corrected chi connectivity index (χ3v) is 6.66. The van der Waals surface area contributed by atoms with E-state index in [2.05, 4.69) is 5.32 Å². The normalized spacial score (nSPS) is 15.6. The summed E-state index contributed by atoms with van der Waals surface area (Å²) in [4.78, 5) is 24.2. The van der Waals surface area contributed by atoms with Crippen LogP contribution in [0.2, 0.25) is 0 Å². The number of nitrogens with one attached hydrogen (secondary N) is 1. The maximum atomic E-state index is 13.2. The molecule has 3 rings (SSSR count). The molecule has 1 saturated heterocycles. The standard InChI is InChI=1S/C19H21FN4O5S/c20-15-3-1-4-16(13-15)21-19(25)7-8-22-9-11-23(12-10-22)30(28,29)18-6-2-5-17(14-18)24(26)27/h1-6,13-14H,7-12H2,(H,21,25). The molecule has 0 bridgehead atoms. The fraction of sp³-hybridized carbons (Fsp3) is 0.316. The van der Waals surface area contributed by atoms with Crippen molar-refractivity contribution in [3.05, 3.63) is 64.5 Å². The zero-order chi connectivity index (χ0) is 21.7. The van der Waals surface area contributed by atoms with Crippen LogP contribution < -0.4 is 5.32 Å². The van der Waals surface area contributed by atoms with Crippen molar-refractivity contribution in [2.75, 3.05) is 38.0 Å². The molecule has 1 amide bonds. The van der Waals surface area contributed by atoms with E-state index < -0.39 is 20.8 Å². The molecule has 0 aliphatic carbocycles. The minimum atomic E-state index is -3.83. The van der Waals surface area contributed by atoms with E-state index in [1.54, 1.807) is 6.07 Å². The predicted molar refractivity (Wildman–Crippen MR) is 108 cm³/mol. The lowest BCUT2D eigenvalue weighted by Gasteiger charge is -2.33. The highest BCUT2D eigenvalue weighted by atomic mass is 32.2. The Labute approximate surface area is 173 Å². The minimum absolute atomic E-state index is 0.111. The second-order valence-corrected chi connectivity index (χ2v) is 8.75. The Bertz CT molecular complexity index is 1040. The lowest BCUT2D eigenvalue weighted by Crippen LogP contribution is -2.49. The zero-order valence-electron chi connectivity index (χ0n) is 16.0. The van der Waals surface area contributed by atoms with Crippen LogP contribution >= 0.6 is 0 Å². The number of amides is 1. The van der Waals surface area contributed by atoms with Gasteiger partial charge in [0.15, 0.2) is 0 Å². The number of halogens is 1. The van der Waals surface area contributed by atoms with E-state index in [0.29, 0.717) is 25.3 Å². The number of nitro groups is 1. The van der Waals surface area contributed by atoms with Gasteiger partial charge >= 0.3 is 0 Å². The van der Waals surface area contributed by atoms with Gasteiger partial charge in [0.2, 0.25) is 15.9 Å². The molecule has 1 heterocycles. The van der Waals surface area contributed by atoms with Gasteiger partial charge in [-0.05, 0) is 24.3 Å². The molecule has 9 nitrogen and oxygen atoms in total. The third kappa shape index (κ3) is 5.38. The molecule has 1 fully saturated rings. The quantitative estimate of drug-likeness (QED) is 0.525. The number of piperazine rings is 1. The number of carbonyl (C=O) groups excluding carboxylic acids is 1. The number of hydrogen-bond donors (Lipinski definition) is 1. The maximum Gasteiger partial charge on any atom is 0.270 e. The summed E-state index contributed by atoms with van der Waals surface area (Å²) in [7, 11) is -3.83. The molecule has 1 N–H and O–H groups in total. The van der Waals surface area contributed by atoms with E-state index in [9.17, 15) is 27.7 Å². The average Bonchev–Trinajstić information content (AvgIpc) is 2.72. The summed E-state index contributed by atoms with van der Waals surface area (Å²) in [5.41, 5.74) is 0.104. The Kier molecular flexibility index (Phi) is 6.75.